The third kappa shape index (κ3) is 4.06. The van der Waals surface area contributed by atoms with Crippen molar-refractivity contribution >= 4 is 10.0 Å². The Balaban J connectivity index is 2.58. The molecule has 1 saturated heterocycles. The highest BCUT2D eigenvalue weighted by Crippen LogP contribution is 2.14. The van der Waals surface area contributed by atoms with Crippen molar-refractivity contribution < 1.29 is 13.5 Å². The first-order chi connectivity index (χ1) is 7.06. The van der Waals surface area contributed by atoms with E-state index in [4.69, 9.17) is 5.73 Å². The van der Waals surface area contributed by atoms with Crippen molar-refractivity contribution in [2.75, 3.05) is 25.4 Å². The van der Waals surface area contributed by atoms with Crippen LogP contribution in [0.4, 0.5) is 0 Å². The number of nitrogens with two attached hydrogens (primary N) is 1. The summed E-state index contributed by atoms with van der Waals surface area (Å²) in [6, 6.07) is 0. The molecule has 0 saturated carbocycles. The number of rotatable bonds is 4. The van der Waals surface area contributed by atoms with E-state index in [1.165, 1.54) is 4.31 Å². The number of aliphatic hydroxyl groups is 1. The van der Waals surface area contributed by atoms with Gasteiger partial charge in [0, 0.05) is 19.6 Å². The van der Waals surface area contributed by atoms with Crippen LogP contribution in [0.25, 0.3) is 0 Å². The Kier molecular flexibility index (Phi) is 4.98. The fourth-order valence-corrected chi connectivity index (χ4v) is 3.38. The maximum atomic E-state index is 11.8. The molecule has 1 fully saturated rings. The van der Waals surface area contributed by atoms with Crippen LogP contribution in [-0.2, 0) is 10.0 Å². The molecule has 1 heterocycles. The minimum atomic E-state index is -3.31. The first kappa shape index (κ1) is 12.9. The minimum Gasteiger partial charge on any atom is -0.391 e. The van der Waals surface area contributed by atoms with E-state index in [0.717, 1.165) is 25.7 Å². The quantitative estimate of drug-likeness (QED) is 0.690. The number of aliphatic hydroxyl groups excluding tert-OH is 1. The van der Waals surface area contributed by atoms with Crippen molar-refractivity contribution in [2.24, 2.45) is 5.73 Å². The van der Waals surface area contributed by atoms with Crippen LogP contribution < -0.4 is 5.73 Å². The molecule has 0 aliphatic carbocycles. The Hall–Kier alpha value is -0.170. The van der Waals surface area contributed by atoms with Crippen molar-refractivity contribution in [2.45, 2.75) is 31.8 Å². The highest BCUT2D eigenvalue weighted by molar-refractivity contribution is 7.89. The first-order valence-electron chi connectivity index (χ1n) is 5.42. The van der Waals surface area contributed by atoms with Crippen molar-refractivity contribution in [3.63, 3.8) is 0 Å². The van der Waals surface area contributed by atoms with Crippen molar-refractivity contribution in [1.82, 2.24) is 4.31 Å². The lowest BCUT2D eigenvalue weighted by atomic mass is 10.2. The maximum absolute atomic E-state index is 11.8. The second-order valence-corrected chi connectivity index (χ2v) is 5.99. The first-order valence-corrected chi connectivity index (χ1v) is 7.03. The smallest absolute Gasteiger partial charge is 0.216 e. The molecule has 6 heteroatoms. The lowest BCUT2D eigenvalue weighted by molar-refractivity contribution is 0.203. The van der Waals surface area contributed by atoms with Crippen molar-refractivity contribution in [3.05, 3.63) is 0 Å². The van der Waals surface area contributed by atoms with Gasteiger partial charge in [-0.1, -0.05) is 12.8 Å². The fourth-order valence-electron chi connectivity index (χ4n) is 1.74. The third-order valence-electron chi connectivity index (χ3n) is 2.63. The van der Waals surface area contributed by atoms with E-state index < -0.39 is 16.1 Å². The Morgan fingerprint density at radius 3 is 2.20 bits per heavy atom. The molecular formula is C9H20N2O3S. The van der Waals surface area contributed by atoms with Gasteiger partial charge in [0.25, 0.3) is 0 Å². The van der Waals surface area contributed by atoms with Crippen LogP contribution in [0.1, 0.15) is 25.7 Å². The lowest BCUT2D eigenvalue weighted by Gasteiger charge is -2.21. The largest absolute Gasteiger partial charge is 0.391 e. The zero-order chi connectivity index (χ0) is 11.3. The van der Waals surface area contributed by atoms with Gasteiger partial charge in [0.1, 0.15) is 0 Å². The number of nitrogens with zero attached hydrogens (tertiary/aromatic N) is 1. The molecule has 1 aliphatic rings. The summed E-state index contributed by atoms with van der Waals surface area (Å²) >= 11 is 0. The SMILES string of the molecule is NCC(O)CS(=O)(=O)N1CCCCCC1. The van der Waals surface area contributed by atoms with E-state index in [9.17, 15) is 13.5 Å². The van der Waals surface area contributed by atoms with Crippen LogP contribution in [0.2, 0.25) is 0 Å². The van der Waals surface area contributed by atoms with Crippen LogP contribution in [0.5, 0.6) is 0 Å². The fraction of sp³-hybridized carbons (Fsp3) is 1.00. The molecular weight excluding hydrogens is 216 g/mol. The van der Waals surface area contributed by atoms with Gasteiger partial charge in [-0.15, -0.1) is 0 Å². The van der Waals surface area contributed by atoms with Gasteiger partial charge in [0.15, 0.2) is 0 Å². The average Bonchev–Trinajstić information content (AvgIpc) is 2.45. The molecule has 1 unspecified atom stereocenters. The molecule has 90 valence electrons. The topological polar surface area (TPSA) is 83.6 Å². The van der Waals surface area contributed by atoms with Gasteiger partial charge in [0.05, 0.1) is 11.9 Å². The molecule has 1 atom stereocenters. The van der Waals surface area contributed by atoms with Gasteiger partial charge >= 0.3 is 0 Å². The summed E-state index contributed by atoms with van der Waals surface area (Å²) in [5, 5.41) is 9.26. The molecule has 3 N–H and O–H groups in total. The maximum Gasteiger partial charge on any atom is 0.216 e. The Bertz CT molecular complexity index is 271. The van der Waals surface area contributed by atoms with Crippen LogP contribution in [0, 0.1) is 0 Å². The summed E-state index contributed by atoms with van der Waals surface area (Å²) in [5.41, 5.74) is 5.21. The summed E-state index contributed by atoms with van der Waals surface area (Å²) < 4.78 is 25.1. The number of hydrogen-bond acceptors (Lipinski definition) is 4. The zero-order valence-corrected chi connectivity index (χ0v) is 9.75. The molecule has 1 rings (SSSR count). The number of sulfonamides is 1. The van der Waals surface area contributed by atoms with Crippen LogP contribution in [0.15, 0.2) is 0 Å². The zero-order valence-electron chi connectivity index (χ0n) is 8.93. The molecule has 5 nitrogen and oxygen atoms in total. The minimum absolute atomic E-state index is 0.00687. The molecule has 0 spiro atoms. The van der Waals surface area contributed by atoms with Gasteiger partial charge in [-0.3, -0.25) is 0 Å². The summed E-state index contributed by atoms with van der Waals surface area (Å²) in [6.45, 7) is 1.16. The van der Waals surface area contributed by atoms with E-state index in [-0.39, 0.29) is 12.3 Å². The van der Waals surface area contributed by atoms with E-state index in [2.05, 4.69) is 0 Å². The Labute approximate surface area is 91.3 Å². The second kappa shape index (κ2) is 5.79. The molecule has 0 amide bonds. The molecule has 0 bridgehead atoms. The standard InChI is InChI=1S/C9H20N2O3S/c10-7-9(12)8-15(13,14)11-5-3-1-2-4-6-11/h9,12H,1-8,10H2. The predicted molar refractivity (Wildman–Crippen MR) is 58.9 cm³/mol. The van der Waals surface area contributed by atoms with E-state index >= 15 is 0 Å². The van der Waals surface area contributed by atoms with Gasteiger partial charge < -0.3 is 10.8 Å². The molecule has 0 aromatic heterocycles. The lowest BCUT2D eigenvalue weighted by Crippen LogP contribution is -2.39. The van der Waals surface area contributed by atoms with Crippen LogP contribution in [0.3, 0.4) is 0 Å². The van der Waals surface area contributed by atoms with Gasteiger partial charge in [-0.2, -0.15) is 0 Å². The molecule has 1 aliphatic heterocycles. The Morgan fingerprint density at radius 2 is 1.73 bits per heavy atom. The second-order valence-electron chi connectivity index (χ2n) is 3.98. The Morgan fingerprint density at radius 1 is 1.20 bits per heavy atom. The predicted octanol–water partition coefficient (Wildman–Crippen LogP) is -0.488. The molecule has 0 aromatic carbocycles. The van der Waals surface area contributed by atoms with Crippen LogP contribution >= 0.6 is 0 Å². The van der Waals surface area contributed by atoms with E-state index in [0.29, 0.717) is 13.1 Å². The van der Waals surface area contributed by atoms with E-state index in [1.807, 2.05) is 0 Å². The summed E-state index contributed by atoms with van der Waals surface area (Å²) in [7, 11) is -3.31. The molecule has 15 heavy (non-hydrogen) atoms. The highest BCUT2D eigenvalue weighted by atomic mass is 32.2. The van der Waals surface area contributed by atoms with Gasteiger partial charge in [0.2, 0.25) is 10.0 Å². The van der Waals surface area contributed by atoms with Gasteiger partial charge in [-0.25, -0.2) is 12.7 Å². The summed E-state index contributed by atoms with van der Waals surface area (Å²) in [6.07, 6.45) is 3.06. The highest BCUT2D eigenvalue weighted by Gasteiger charge is 2.25. The number of hydrogen-bond donors (Lipinski definition) is 2. The van der Waals surface area contributed by atoms with Crippen LogP contribution in [-0.4, -0.2) is 49.3 Å². The normalized spacial score (nSPS) is 22.3. The van der Waals surface area contributed by atoms with Crippen molar-refractivity contribution in [3.8, 4) is 0 Å². The van der Waals surface area contributed by atoms with E-state index in [1.54, 1.807) is 0 Å². The molecule has 0 aromatic rings. The third-order valence-corrected chi connectivity index (χ3v) is 4.59. The summed E-state index contributed by atoms with van der Waals surface area (Å²) in [5.74, 6) is -0.247. The summed E-state index contributed by atoms with van der Waals surface area (Å²) in [4.78, 5) is 0. The monoisotopic (exact) mass is 236 g/mol. The van der Waals surface area contributed by atoms with Gasteiger partial charge in [-0.05, 0) is 12.8 Å². The van der Waals surface area contributed by atoms with Crippen molar-refractivity contribution in [1.29, 1.82) is 0 Å². The average molecular weight is 236 g/mol. The molecule has 0 radical (unpaired) electrons.